The average molecular weight is 637 g/mol. The highest BCUT2D eigenvalue weighted by atomic mass is 35.5. The molecule has 2 amide bonds. The summed E-state index contributed by atoms with van der Waals surface area (Å²) in [5.74, 6) is -1.07. The van der Waals surface area contributed by atoms with Gasteiger partial charge in [-0.1, -0.05) is 85.6 Å². The van der Waals surface area contributed by atoms with E-state index < -0.39 is 27.8 Å². The van der Waals surface area contributed by atoms with Gasteiger partial charge in [-0.25, -0.2) is 12.8 Å². The fourth-order valence-electron chi connectivity index (χ4n) is 4.45. The fourth-order valence-corrected chi connectivity index (χ4v) is 5.85. The Balaban J connectivity index is 1.91. The molecule has 11 heteroatoms. The van der Waals surface area contributed by atoms with E-state index in [1.165, 1.54) is 23.1 Å². The van der Waals surface area contributed by atoms with Gasteiger partial charge in [0, 0.05) is 43.1 Å². The zero-order chi connectivity index (χ0) is 30.9. The van der Waals surface area contributed by atoms with E-state index in [2.05, 4.69) is 5.32 Å². The summed E-state index contributed by atoms with van der Waals surface area (Å²) < 4.78 is 41.2. The van der Waals surface area contributed by atoms with Gasteiger partial charge >= 0.3 is 0 Å². The average Bonchev–Trinajstić information content (AvgIpc) is 2.94. The zero-order valence-electron chi connectivity index (χ0n) is 23.9. The lowest BCUT2D eigenvalue weighted by molar-refractivity contribution is -0.141. The van der Waals surface area contributed by atoms with Crippen molar-refractivity contribution in [2.75, 3.05) is 23.7 Å². The molecule has 3 aromatic carbocycles. The molecule has 226 valence electrons. The van der Waals surface area contributed by atoms with E-state index in [4.69, 9.17) is 23.2 Å². The number of hydrogen-bond acceptors (Lipinski definition) is 4. The third kappa shape index (κ3) is 9.71. The van der Waals surface area contributed by atoms with Crippen molar-refractivity contribution in [3.05, 3.63) is 99.8 Å². The molecule has 0 aliphatic carbocycles. The second-order valence-electron chi connectivity index (χ2n) is 10.5. The third-order valence-electron chi connectivity index (χ3n) is 6.58. The maximum Gasteiger partial charge on any atom is 0.243 e. The van der Waals surface area contributed by atoms with E-state index in [1.54, 1.807) is 24.3 Å². The van der Waals surface area contributed by atoms with Crippen molar-refractivity contribution in [3.63, 3.8) is 0 Å². The van der Waals surface area contributed by atoms with Gasteiger partial charge in [-0.3, -0.25) is 13.9 Å². The number of benzene rings is 3. The number of carbonyl (C=O) groups excluding carboxylic acids is 2. The van der Waals surface area contributed by atoms with Crippen molar-refractivity contribution < 1.29 is 22.4 Å². The van der Waals surface area contributed by atoms with E-state index >= 15 is 0 Å². The third-order valence-corrected chi connectivity index (χ3v) is 8.32. The monoisotopic (exact) mass is 635 g/mol. The van der Waals surface area contributed by atoms with Gasteiger partial charge < -0.3 is 10.2 Å². The van der Waals surface area contributed by atoms with Crippen LogP contribution in [0.1, 0.15) is 37.8 Å². The Kier molecular flexibility index (Phi) is 12.2. The molecule has 0 aromatic heterocycles. The van der Waals surface area contributed by atoms with Gasteiger partial charge in [0.15, 0.2) is 0 Å². The lowest BCUT2D eigenvalue weighted by Crippen LogP contribution is -2.51. The summed E-state index contributed by atoms with van der Waals surface area (Å²) in [6.07, 6.45) is 1.29. The molecular weight excluding hydrogens is 600 g/mol. The molecule has 0 saturated heterocycles. The summed E-state index contributed by atoms with van der Waals surface area (Å²) in [6.45, 7) is 4.16. The Morgan fingerprint density at radius 3 is 2.29 bits per heavy atom. The van der Waals surface area contributed by atoms with Crippen LogP contribution in [-0.4, -0.2) is 50.5 Å². The number of carbonyl (C=O) groups is 2. The number of sulfonamides is 1. The van der Waals surface area contributed by atoms with Gasteiger partial charge in [0.2, 0.25) is 21.8 Å². The molecule has 0 aliphatic rings. The van der Waals surface area contributed by atoms with E-state index in [9.17, 15) is 22.4 Å². The highest BCUT2D eigenvalue weighted by molar-refractivity contribution is 7.92. The predicted octanol–water partition coefficient (Wildman–Crippen LogP) is 6.09. The Morgan fingerprint density at radius 1 is 0.976 bits per heavy atom. The smallest absolute Gasteiger partial charge is 0.243 e. The molecule has 0 aliphatic heterocycles. The largest absolute Gasteiger partial charge is 0.354 e. The van der Waals surface area contributed by atoms with E-state index in [0.29, 0.717) is 11.6 Å². The first-order valence-corrected chi connectivity index (χ1v) is 16.2. The maximum atomic E-state index is 14.8. The molecule has 0 spiro atoms. The molecule has 3 rings (SSSR count). The second-order valence-corrected chi connectivity index (χ2v) is 13.2. The Labute approximate surface area is 257 Å². The summed E-state index contributed by atoms with van der Waals surface area (Å²) in [5.41, 5.74) is 1.31. The quantitative estimate of drug-likeness (QED) is 0.232. The molecule has 0 radical (unpaired) electrons. The van der Waals surface area contributed by atoms with Crippen molar-refractivity contribution >= 4 is 50.7 Å². The predicted molar refractivity (Wildman–Crippen MR) is 167 cm³/mol. The summed E-state index contributed by atoms with van der Waals surface area (Å²) in [5, 5.41) is 3.43. The molecule has 0 fully saturated rings. The number of rotatable bonds is 14. The van der Waals surface area contributed by atoms with Crippen molar-refractivity contribution in [2.45, 2.75) is 45.7 Å². The van der Waals surface area contributed by atoms with Crippen LogP contribution in [0, 0.1) is 11.7 Å². The molecule has 0 saturated carbocycles. The lowest BCUT2D eigenvalue weighted by Gasteiger charge is -2.32. The van der Waals surface area contributed by atoms with Gasteiger partial charge in [-0.15, -0.1) is 0 Å². The summed E-state index contributed by atoms with van der Waals surface area (Å²) in [6, 6.07) is 19.0. The minimum absolute atomic E-state index is 0.0545. The lowest BCUT2D eigenvalue weighted by atomic mass is 10.0. The molecule has 3 aromatic rings. The van der Waals surface area contributed by atoms with Crippen LogP contribution >= 0.6 is 23.2 Å². The molecule has 1 atom stereocenters. The number of nitrogens with zero attached hydrogens (tertiary/aromatic N) is 2. The van der Waals surface area contributed by atoms with Gasteiger partial charge in [0.1, 0.15) is 11.9 Å². The van der Waals surface area contributed by atoms with Crippen molar-refractivity contribution in [2.24, 2.45) is 5.92 Å². The first kappa shape index (κ1) is 33.4. The molecule has 7 nitrogen and oxygen atoms in total. The highest BCUT2D eigenvalue weighted by Gasteiger charge is 2.31. The van der Waals surface area contributed by atoms with Crippen molar-refractivity contribution in [3.8, 4) is 0 Å². The SMILES string of the molecule is CC(C)CNC(=O)C(Cc1ccccc1)N(Cc1ccccc1F)C(=O)CCCN(c1cc(Cl)ccc1Cl)S(C)(=O)=O. The fraction of sp³-hybridized carbons (Fsp3) is 0.355. The molecule has 1 N–H and O–H groups in total. The first-order chi connectivity index (χ1) is 19.9. The number of nitrogens with one attached hydrogen (secondary N) is 1. The number of amides is 2. The summed E-state index contributed by atoms with van der Waals surface area (Å²) >= 11 is 12.4. The topological polar surface area (TPSA) is 86.8 Å². The van der Waals surface area contributed by atoms with Crippen LogP contribution in [0.5, 0.6) is 0 Å². The number of hydrogen-bond donors (Lipinski definition) is 1. The first-order valence-electron chi connectivity index (χ1n) is 13.6. The van der Waals surface area contributed by atoms with E-state index in [1.807, 2.05) is 44.2 Å². The van der Waals surface area contributed by atoms with Gasteiger partial charge in [0.25, 0.3) is 0 Å². The molecule has 0 bridgehead atoms. The van der Waals surface area contributed by atoms with E-state index in [-0.39, 0.29) is 60.5 Å². The zero-order valence-corrected chi connectivity index (χ0v) is 26.2. The second kappa shape index (κ2) is 15.4. The van der Waals surface area contributed by atoms with Crippen LogP contribution in [0.2, 0.25) is 10.0 Å². The van der Waals surface area contributed by atoms with Crippen molar-refractivity contribution in [1.29, 1.82) is 0 Å². The minimum Gasteiger partial charge on any atom is -0.354 e. The van der Waals surface area contributed by atoms with Gasteiger partial charge in [0.05, 0.1) is 17.0 Å². The van der Waals surface area contributed by atoms with Crippen LogP contribution in [0.25, 0.3) is 0 Å². The molecular formula is C31H36Cl2FN3O4S. The standard InChI is InChI=1S/C31H36Cl2FN3O4S/c1-22(2)20-35-31(39)29(18-23-10-5-4-6-11-23)36(21-24-12-7-8-13-27(24)34)30(38)14-9-17-37(42(3,40)41)28-19-25(32)15-16-26(28)33/h4-8,10-13,15-16,19,22,29H,9,14,17-18,20-21H2,1-3H3,(H,35,39). The molecule has 42 heavy (non-hydrogen) atoms. The minimum atomic E-state index is -3.76. The Hall–Kier alpha value is -3.14. The van der Waals surface area contributed by atoms with Crippen LogP contribution in [0.4, 0.5) is 10.1 Å². The van der Waals surface area contributed by atoms with Crippen molar-refractivity contribution in [1.82, 2.24) is 10.2 Å². The van der Waals surface area contributed by atoms with Gasteiger partial charge in [-0.2, -0.15) is 0 Å². The molecule has 0 heterocycles. The molecule has 1 unspecified atom stereocenters. The highest BCUT2D eigenvalue weighted by Crippen LogP contribution is 2.31. The summed E-state index contributed by atoms with van der Waals surface area (Å²) in [7, 11) is -3.76. The summed E-state index contributed by atoms with van der Waals surface area (Å²) in [4.78, 5) is 28.7. The number of anilines is 1. The van der Waals surface area contributed by atoms with Crippen LogP contribution < -0.4 is 9.62 Å². The van der Waals surface area contributed by atoms with Crippen LogP contribution in [-0.2, 0) is 32.6 Å². The van der Waals surface area contributed by atoms with Gasteiger partial charge in [-0.05, 0) is 42.2 Å². The number of halogens is 3. The Morgan fingerprint density at radius 2 is 1.64 bits per heavy atom. The van der Waals surface area contributed by atoms with Crippen LogP contribution in [0.3, 0.4) is 0 Å². The maximum absolute atomic E-state index is 14.8. The van der Waals surface area contributed by atoms with E-state index in [0.717, 1.165) is 16.1 Å². The normalized spacial score (nSPS) is 12.2. The Bertz CT molecular complexity index is 1470. The van der Waals surface area contributed by atoms with Crippen LogP contribution in [0.15, 0.2) is 72.8 Å².